The molecule has 0 saturated heterocycles. The Balaban J connectivity index is 2.79. The molecule has 0 bridgehead atoms. The first-order chi connectivity index (χ1) is 10.7. The fourth-order valence-corrected chi connectivity index (χ4v) is 4.93. The van der Waals surface area contributed by atoms with Crippen molar-refractivity contribution in [2.24, 2.45) is 0 Å². The van der Waals surface area contributed by atoms with Crippen molar-refractivity contribution in [2.45, 2.75) is 39.5 Å². The maximum absolute atomic E-state index is 5.53. The predicted octanol–water partition coefficient (Wildman–Crippen LogP) is 3.66. The Morgan fingerprint density at radius 2 is 1.86 bits per heavy atom. The standard InChI is InChI=1S/C19H32NOSi/c1-5-8-13-20(14-9-6-2)16-22(17-21-4)19-12-10-11-18(7-3)15-19/h7,10-12,15H,3,5-6,8-9,13-14,16-17H2,1-2,4H3. The van der Waals surface area contributed by atoms with Crippen molar-refractivity contribution in [1.82, 2.24) is 4.90 Å². The molecule has 0 aromatic heterocycles. The number of methoxy groups -OCH3 is 1. The van der Waals surface area contributed by atoms with E-state index < -0.39 is 8.80 Å². The highest BCUT2D eigenvalue weighted by Gasteiger charge is 2.18. The van der Waals surface area contributed by atoms with Crippen molar-refractivity contribution in [3.05, 3.63) is 36.4 Å². The van der Waals surface area contributed by atoms with Crippen LogP contribution in [0.5, 0.6) is 0 Å². The van der Waals surface area contributed by atoms with Crippen LogP contribution in [-0.2, 0) is 4.74 Å². The third kappa shape index (κ3) is 6.90. The zero-order valence-corrected chi connectivity index (χ0v) is 15.6. The van der Waals surface area contributed by atoms with Gasteiger partial charge in [0.05, 0.1) is 0 Å². The molecule has 0 N–H and O–H groups in total. The van der Waals surface area contributed by atoms with Gasteiger partial charge in [-0.25, -0.2) is 0 Å². The molecule has 0 aliphatic carbocycles. The van der Waals surface area contributed by atoms with E-state index in [-0.39, 0.29) is 0 Å². The Morgan fingerprint density at radius 1 is 1.18 bits per heavy atom. The largest absolute Gasteiger partial charge is 0.388 e. The van der Waals surface area contributed by atoms with Crippen LogP contribution in [-0.4, -0.2) is 46.3 Å². The van der Waals surface area contributed by atoms with Crippen LogP contribution >= 0.6 is 0 Å². The highest BCUT2D eigenvalue weighted by Crippen LogP contribution is 2.04. The smallest absolute Gasteiger partial charge is 0.132 e. The molecule has 0 heterocycles. The van der Waals surface area contributed by atoms with Gasteiger partial charge < -0.3 is 9.64 Å². The lowest BCUT2D eigenvalue weighted by Gasteiger charge is -2.26. The Kier molecular flexibility index (Phi) is 10.1. The monoisotopic (exact) mass is 318 g/mol. The van der Waals surface area contributed by atoms with Crippen LogP contribution in [0.25, 0.3) is 6.08 Å². The zero-order valence-electron chi connectivity index (χ0n) is 14.6. The Morgan fingerprint density at radius 3 is 2.41 bits per heavy atom. The van der Waals surface area contributed by atoms with Gasteiger partial charge in [-0.3, -0.25) is 0 Å². The number of hydrogen-bond acceptors (Lipinski definition) is 2. The van der Waals surface area contributed by atoms with Crippen LogP contribution in [0.15, 0.2) is 30.8 Å². The topological polar surface area (TPSA) is 12.5 Å². The summed E-state index contributed by atoms with van der Waals surface area (Å²) in [7, 11) is 1.12. The highest BCUT2D eigenvalue weighted by molar-refractivity contribution is 6.73. The van der Waals surface area contributed by atoms with Gasteiger partial charge in [-0.1, -0.05) is 68.8 Å². The van der Waals surface area contributed by atoms with E-state index in [9.17, 15) is 0 Å². The van der Waals surface area contributed by atoms with Crippen molar-refractivity contribution >= 4 is 20.1 Å². The van der Waals surface area contributed by atoms with E-state index in [4.69, 9.17) is 4.74 Å². The average Bonchev–Trinajstić information content (AvgIpc) is 2.56. The fourth-order valence-electron chi connectivity index (χ4n) is 2.58. The van der Waals surface area contributed by atoms with Gasteiger partial charge in [-0.05, 0) is 37.7 Å². The lowest BCUT2D eigenvalue weighted by atomic mass is 10.2. The molecule has 2 nitrogen and oxygen atoms in total. The summed E-state index contributed by atoms with van der Waals surface area (Å²) in [6.45, 7) is 10.9. The molecule has 123 valence electrons. The molecular formula is C19H32NOSi. The molecule has 0 aliphatic rings. The van der Waals surface area contributed by atoms with Gasteiger partial charge in [-0.15, -0.1) is 0 Å². The predicted molar refractivity (Wildman–Crippen MR) is 100 cm³/mol. The lowest BCUT2D eigenvalue weighted by molar-refractivity contribution is 0.243. The fraction of sp³-hybridized carbons (Fsp3) is 0.579. The summed E-state index contributed by atoms with van der Waals surface area (Å²) in [5.74, 6) is 0. The van der Waals surface area contributed by atoms with E-state index in [2.05, 4.69) is 49.6 Å². The lowest BCUT2D eigenvalue weighted by Crippen LogP contribution is -2.47. The van der Waals surface area contributed by atoms with Gasteiger partial charge in [0.1, 0.15) is 8.80 Å². The average molecular weight is 319 g/mol. The third-order valence-corrected chi connectivity index (χ3v) is 6.51. The first-order valence-electron chi connectivity index (χ1n) is 8.54. The number of hydrogen-bond donors (Lipinski definition) is 0. The van der Waals surface area contributed by atoms with Crippen molar-refractivity contribution in [2.75, 3.05) is 32.6 Å². The summed E-state index contributed by atoms with van der Waals surface area (Å²) in [4.78, 5) is 2.65. The van der Waals surface area contributed by atoms with Gasteiger partial charge in [0, 0.05) is 13.3 Å². The molecule has 3 heteroatoms. The second-order valence-electron chi connectivity index (χ2n) is 5.85. The molecule has 0 fully saturated rings. The summed E-state index contributed by atoms with van der Waals surface area (Å²) in [5.41, 5.74) is 1.21. The second-order valence-corrected chi connectivity index (χ2v) is 8.24. The molecule has 0 amide bonds. The molecule has 1 radical (unpaired) electrons. The van der Waals surface area contributed by atoms with Crippen LogP contribution in [0, 0.1) is 0 Å². The van der Waals surface area contributed by atoms with Gasteiger partial charge in [0.15, 0.2) is 0 Å². The van der Waals surface area contributed by atoms with E-state index in [0.717, 1.165) is 6.23 Å². The molecule has 1 aromatic rings. The number of benzene rings is 1. The van der Waals surface area contributed by atoms with Crippen LogP contribution in [0.1, 0.15) is 45.1 Å². The molecule has 0 unspecified atom stereocenters. The molecule has 1 rings (SSSR count). The minimum Gasteiger partial charge on any atom is -0.388 e. The van der Waals surface area contributed by atoms with E-state index in [1.807, 2.05) is 13.2 Å². The van der Waals surface area contributed by atoms with Crippen LogP contribution in [0.4, 0.5) is 0 Å². The Labute approximate surface area is 138 Å². The van der Waals surface area contributed by atoms with Gasteiger partial charge in [0.25, 0.3) is 0 Å². The summed E-state index contributed by atoms with van der Waals surface area (Å²) in [6.07, 6.45) is 9.10. The van der Waals surface area contributed by atoms with Gasteiger partial charge >= 0.3 is 0 Å². The third-order valence-electron chi connectivity index (χ3n) is 3.92. The minimum atomic E-state index is -0.708. The quantitative estimate of drug-likeness (QED) is 0.545. The zero-order chi connectivity index (χ0) is 16.2. The number of rotatable bonds is 12. The molecule has 0 spiro atoms. The maximum Gasteiger partial charge on any atom is 0.132 e. The normalized spacial score (nSPS) is 11.3. The summed E-state index contributed by atoms with van der Waals surface area (Å²) < 4.78 is 5.53. The maximum atomic E-state index is 5.53. The van der Waals surface area contributed by atoms with Crippen molar-refractivity contribution in [3.63, 3.8) is 0 Å². The van der Waals surface area contributed by atoms with Gasteiger partial charge in [0.2, 0.25) is 0 Å². The molecule has 22 heavy (non-hydrogen) atoms. The molecule has 1 aromatic carbocycles. The van der Waals surface area contributed by atoms with Crippen molar-refractivity contribution in [3.8, 4) is 0 Å². The second kappa shape index (κ2) is 11.6. The molecule has 0 aliphatic heterocycles. The summed E-state index contributed by atoms with van der Waals surface area (Å²) in [5, 5.41) is 1.46. The minimum absolute atomic E-state index is 0.708. The van der Waals surface area contributed by atoms with E-state index in [1.165, 1.54) is 55.7 Å². The Bertz CT molecular complexity index is 414. The van der Waals surface area contributed by atoms with E-state index in [1.54, 1.807) is 0 Å². The molecule has 0 atom stereocenters. The van der Waals surface area contributed by atoms with E-state index in [0.29, 0.717) is 0 Å². The van der Waals surface area contributed by atoms with Crippen molar-refractivity contribution < 1.29 is 4.74 Å². The Hall–Kier alpha value is -0.903. The van der Waals surface area contributed by atoms with Crippen molar-refractivity contribution in [1.29, 1.82) is 0 Å². The number of nitrogens with zero attached hydrogens (tertiary/aromatic N) is 1. The van der Waals surface area contributed by atoms with Crippen LogP contribution in [0.3, 0.4) is 0 Å². The SMILES string of the molecule is C=Cc1cccc([Si](COC)CN(CCCC)CCCC)c1. The van der Waals surface area contributed by atoms with E-state index >= 15 is 0 Å². The summed E-state index contributed by atoms with van der Waals surface area (Å²) in [6, 6.07) is 8.82. The first-order valence-corrected chi connectivity index (χ1v) is 10.4. The first kappa shape index (κ1) is 19.1. The summed E-state index contributed by atoms with van der Waals surface area (Å²) >= 11 is 0. The molecule has 0 saturated carbocycles. The molecular weight excluding hydrogens is 286 g/mol. The number of unbranched alkanes of at least 4 members (excludes halogenated alkanes) is 2. The highest BCUT2D eigenvalue weighted by atomic mass is 28.3. The van der Waals surface area contributed by atoms with Crippen LogP contribution in [0.2, 0.25) is 0 Å². The number of ether oxygens (including phenoxy) is 1. The van der Waals surface area contributed by atoms with Gasteiger partial charge in [-0.2, -0.15) is 0 Å². The van der Waals surface area contributed by atoms with Crippen LogP contribution < -0.4 is 5.19 Å².